The summed E-state index contributed by atoms with van der Waals surface area (Å²) < 4.78 is 31.6. The normalized spacial score (nSPS) is 9.30. The molecule has 0 fully saturated rings. The van der Waals surface area contributed by atoms with Crippen molar-refractivity contribution in [2.75, 3.05) is 0 Å². The maximum atomic E-state index is 8.74. The average Bonchev–Trinajstić information content (AvgIpc) is 1.61. The summed E-state index contributed by atoms with van der Waals surface area (Å²) in [6.45, 7) is 6.20. The summed E-state index contributed by atoms with van der Waals surface area (Å²) in [4.78, 5) is 0. The van der Waals surface area contributed by atoms with Crippen LogP contribution < -0.4 is 0 Å². The van der Waals surface area contributed by atoms with Gasteiger partial charge >= 0.3 is 10.4 Å². The van der Waals surface area contributed by atoms with Crippen molar-refractivity contribution in [1.82, 2.24) is 0 Å². The summed E-state index contributed by atoms with van der Waals surface area (Å²) in [5.74, 6) is 0. The standard InChI is InChI=1S/C5H10.H2O4S/c1-4-5(2)3;1-5(2,3)4/h4H,1-3H3;(H2,1,2,3,4). The molecule has 0 aliphatic heterocycles. The van der Waals surface area contributed by atoms with Gasteiger partial charge in [-0.05, 0) is 20.8 Å². The highest BCUT2D eigenvalue weighted by molar-refractivity contribution is 7.79. The highest BCUT2D eigenvalue weighted by Gasteiger charge is 1.84. The third-order valence-electron chi connectivity index (χ3n) is 0.577. The first-order chi connectivity index (χ1) is 4.27. The Morgan fingerprint density at radius 3 is 1.40 bits per heavy atom. The summed E-state index contributed by atoms with van der Waals surface area (Å²) >= 11 is 0. The van der Waals surface area contributed by atoms with Gasteiger partial charge in [0.2, 0.25) is 0 Å². The number of rotatable bonds is 0. The summed E-state index contributed by atoms with van der Waals surface area (Å²) in [7, 11) is -4.67. The lowest BCUT2D eigenvalue weighted by Crippen LogP contribution is -1.89. The van der Waals surface area contributed by atoms with Crippen LogP contribution in [0, 0.1) is 0 Å². The summed E-state index contributed by atoms with van der Waals surface area (Å²) in [6.07, 6.45) is 2.08. The van der Waals surface area contributed by atoms with Gasteiger partial charge in [-0.1, -0.05) is 11.6 Å². The molecule has 5 heteroatoms. The predicted octanol–water partition coefficient (Wildman–Crippen LogP) is 1.32. The lowest BCUT2D eigenvalue weighted by Gasteiger charge is -1.74. The minimum absolute atomic E-state index is 1.38. The Bertz CT molecular complexity index is 178. The van der Waals surface area contributed by atoms with Crippen molar-refractivity contribution in [2.24, 2.45) is 0 Å². The summed E-state index contributed by atoms with van der Waals surface area (Å²) in [5.41, 5.74) is 1.38. The minimum Gasteiger partial charge on any atom is -0.264 e. The van der Waals surface area contributed by atoms with Gasteiger partial charge in [0.05, 0.1) is 0 Å². The van der Waals surface area contributed by atoms with Gasteiger partial charge in [-0.25, -0.2) is 0 Å². The molecule has 0 aliphatic carbocycles. The van der Waals surface area contributed by atoms with Crippen LogP contribution in [0.15, 0.2) is 11.6 Å². The molecule has 0 aromatic heterocycles. The second-order valence-corrected chi connectivity index (χ2v) is 2.71. The third-order valence-corrected chi connectivity index (χ3v) is 0.577. The Morgan fingerprint density at radius 2 is 1.40 bits per heavy atom. The van der Waals surface area contributed by atoms with E-state index in [0.717, 1.165) is 0 Å². The molecule has 2 N–H and O–H groups in total. The van der Waals surface area contributed by atoms with Crippen molar-refractivity contribution in [2.45, 2.75) is 20.8 Å². The molecule has 0 saturated carbocycles. The van der Waals surface area contributed by atoms with Crippen LogP contribution in [-0.4, -0.2) is 17.5 Å². The van der Waals surface area contributed by atoms with E-state index in [1.807, 2.05) is 6.92 Å². The first-order valence-electron chi connectivity index (χ1n) is 2.56. The zero-order valence-electron chi connectivity index (χ0n) is 6.20. The monoisotopic (exact) mass is 168 g/mol. The van der Waals surface area contributed by atoms with Gasteiger partial charge in [-0.15, -0.1) is 0 Å². The largest absolute Gasteiger partial charge is 0.394 e. The first-order valence-corrected chi connectivity index (χ1v) is 3.96. The molecule has 62 valence electrons. The Balaban J connectivity index is 0. The second kappa shape index (κ2) is 5.40. The molecule has 0 rings (SSSR count). The van der Waals surface area contributed by atoms with E-state index in [-0.39, 0.29) is 0 Å². The molecule has 0 amide bonds. The van der Waals surface area contributed by atoms with Crippen molar-refractivity contribution in [3.63, 3.8) is 0 Å². The highest BCUT2D eigenvalue weighted by atomic mass is 32.3. The molecule has 0 radical (unpaired) electrons. The van der Waals surface area contributed by atoms with Gasteiger partial charge in [-0.2, -0.15) is 8.42 Å². The third kappa shape index (κ3) is 128. The predicted molar refractivity (Wildman–Crippen MR) is 39.3 cm³/mol. The molecule has 0 unspecified atom stereocenters. The van der Waals surface area contributed by atoms with Crippen LogP contribution in [0.3, 0.4) is 0 Å². The SMILES string of the molecule is CC=C(C)C.O=S(=O)(O)O. The molecule has 0 saturated heterocycles. The van der Waals surface area contributed by atoms with Crippen LogP contribution in [0.2, 0.25) is 0 Å². The van der Waals surface area contributed by atoms with Crippen LogP contribution in [-0.2, 0) is 10.4 Å². The average molecular weight is 168 g/mol. The fourth-order valence-electron chi connectivity index (χ4n) is 0. The lowest BCUT2D eigenvalue weighted by atomic mass is 10.3. The van der Waals surface area contributed by atoms with E-state index in [1.165, 1.54) is 5.57 Å². The lowest BCUT2D eigenvalue weighted by molar-refractivity contribution is 0.381. The quantitative estimate of drug-likeness (QED) is 0.422. The van der Waals surface area contributed by atoms with Crippen molar-refractivity contribution in [3.8, 4) is 0 Å². The molecular formula is C5H12O4S. The van der Waals surface area contributed by atoms with Gasteiger partial charge in [0.25, 0.3) is 0 Å². The fraction of sp³-hybridized carbons (Fsp3) is 0.600. The molecule has 0 aromatic rings. The molecule has 10 heavy (non-hydrogen) atoms. The highest BCUT2D eigenvalue weighted by Crippen LogP contribution is 1.82. The molecule has 0 spiro atoms. The molecule has 4 nitrogen and oxygen atoms in total. The molecule has 0 atom stereocenters. The first kappa shape index (κ1) is 12.3. The van der Waals surface area contributed by atoms with E-state index < -0.39 is 10.4 Å². The van der Waals surface area contributed by atoms with Gasteiger partial charge in [0.15, 0.2) is 0 Å². The van der Waals surface area contributed by atoms with Crippen LogP contribution in [0.5, 0.6) is 0 Å². The van der Waals surface area contributed by atoms with E-state index in [4.69, 9.17) is 17.5 Å². The van der Waals surface area contributed by atoms with Gasteiger partial charge in [0, 0.05) is 0 Å². The van der Waals surface area contributed by atoms with Crippen molar-refractivity contribution >= 4 is 10.4 Å². The van der Waals surface area contributed by atoms with Gasteiger partial charge in [0.1, 0.15) is 0 Å². The Hall–Kier alpha value is -0.390. The number of hydrogen-bond donors (Lipinski definition) is 2. The summed E-state index contributed by atoms with van der Waals surface area (Å²) in [6, 6.07) is 0. The minimum atomic E-state index is -4.67. The molecular weight excluding hydrogens is 156 g/mol. The van der Waals surface area contributed by atoms with E-state index >= 15 is 0 Å². The second-order valence-electron chi connectivity index (χ2n) is 1.81. The van der Waals surface area contributed by atoms with E-state index in [1.54, 1.807) is 0 Å². The molecule has 0 aliphatic rings. The summed E-state index contributed by atoms with van der Waals surface area (Å²) in [5, 5.41) is 0. The van der Waals surface area contributed by atoms with Crippen LogP contribution >= 0.6 is 0 Å². The van der Waals surface area contributed by atoms with Crippen LogP contribution in [0.4, 0.5) is 0 Å². The van der Waals surface area contributed by atoms with Crippen molar-refractivity contribution in [1.29, 1.82) is 0 Å². The maximum Gasteiger partial charge on any atom is 0.394 e. The fourth-order valence-corrected chi connectivity index (χ4v) is 0. The van der Waals surface area contributed by atoms with E-state index in [2.05, 4.69) is 19.9 Å². The zero-order valence-corrected chi connectivity index (χ0v) is 7.01. The molecule has 0 bridgehead atoms. The van der Waals surface area contributed by atoms with Crippen molar-refractivity contribution in [3.05, 3.63) is 11.6 Å². The van der Waals surface area contributed by atoms with E-state index in [9.17, 15) is 0 Å². The van der Waals surface area contributed by atoms with Crippen molar-refractivity contribution < 1.29 is 17.5 Å². The van der Waals surface area contributed by atoms with Crippen LogP contribution in [0.1, 0.15) is 20.8 Å². The Kier molecular flexibility index (Phi) is 6.64. The maximum absolute atomic E-state index is 8.74. The number of allylic oxidation sites excluding steroid dienone is 2. The topological polar surface area (TPSA) is 74.6 Å². The Morgan fingerprint density at radius 1 is 1.30 bits per heavy atom. The van der Waals surface area contributed by atoms with Gasteiger partial charge in [-0.3, -0.25) is 9.11 Å². The number of hydrogen-bond acceptors (Lipinski definition) is 2. The van der Waals surface area contributed by atoms with Crippen LogP contribution in [0.25, 0.3) is 0 Å². The molecule has 0 aromatic carbocycles. The molecule has 0 heterocycles. The van der Waals surface area contributed by atoms with Gasteiger partial charge < -0.3 is 0 Å². The smallest absolute Gasteiger partial charge is 0.264 e. The van der Waals surface area contributed by atoms with E-state index in [0.29, 0.717) is 0 Å². The Labute approximate surface area is 61.1 Å². The zero-order chi connectivity index (χ0) is 8.78.